The molecule has 1 aliphatic rings. The molecular weight excluding hydrogens is 516 g/mol. The zero-order valence-corrected chi connectivity index (χ0v) is 19.9. The fourth-order valence-electron chi connectivity index (χ4n) is 3.79. The smallest absolute Gasteiger partial charge is 0.349 e. The molecule has 12 nitrogen and oxygen atoms in total. The van der Waals surface area contributed by atoms with Crippen molar-refractivity contribution in [2.24, 2.45) is 0 Å². The molecule has 39 heavy (non-hydrogen) atoms. The van der Waals surface area contributed by atoms with Crippen molar-refractivity contribution in [2.75, 3.05) is 0 Å². The lowest BCUT2D eigenvalue weighted by Gasteiger charge is -2.32. The number of rotatable bonds is 8. The van der Waals surface area contributed by atoms with E-state index in [4.69, 9.17) is 14.2 Å². The fourth-order valence-corrected chi connectivity index (χ4v) is 3.79. The lowest BCUT2D eigenvalue weighted by atomic mass is 10.0. The van der Waals surface area contributed by atoms with Gasteiger partial charge in [-0.3, -0.25) is 0 Å². The number of aromatic hydroxyl groups is 4. The van der Waals surface area contributed by atoms with Crippen LogP contribution >= 0.6 is 0 Å². The lowest BCUT2D eigenvalue weighted by molar-refractivity contribution is -0.160. The van der Waals surface area contributed by atoms with Gasteiger partial charge < -0.3 is 44.8 Å². The minimum absolute atomic E-state index is 0.0627. The molecular formula is C27H22O12. The molecule has 0 radical (unpaired) electrons. The summed E-state index contributed by atoms with van der Waals surface area (Å²) in [6.07, 6.45) is -2.19. The standard InChI is InChI=1S/C27H22O12/c28-16-5-1-14(9-18(16)30)11-22(26(33)34)37-23(32)8-3-13-2-7-20-21(10-13)39-25(27(35)36)24(38-20)15-4-6-17(29)19(31)12-15/h1-10,12,22,24-25,28-31H,11H2,(H,33,34)(H,35,36)/t22-,24+,25+/m0/s1. The number of fused-ring (bicyclic) bond motifs is 1. The summed E-state index contributed by atoms with van der Waals surface area (Å²) in [5, 5.41) is 57.3. The van der Waals surface area contributed by atoms with Gasteiger partial charge in [0, 0.05) is 18.1 Å². The number of carboxylic acids is 2. The Balaban J connectivity index is 1.47. The van der Waals surface area contributed by atoms with Gasteiger partial charge in [-0.1, -0.05) is 18.2 Å². The minimum Gasteiger partial charge on any atom is -0.504 e. The Kier molecular flexibility index (Phi) is 7.47. The van der Waals surface area contributed by atoms with Crippen LogP contribution in [0.3, 0.4) is 0 Å². The second-order valence-corrected chi connectivity index (χ2v) is 8.49. The molecule has 12 heteroatoms. The van der Waals surface area contributed by atoms with E-state index in [1.165, 1.54) is 54.6 Å². The van der Waals surface area contributed by atoms with E-state index in [-0.39, 0.29) is 35.0 Å². The molecule has 3 aromatic carbocycles. The highest BCUT2D eigenvalue weighted by Gasteiger charge is 2.38. The van der Waals surface area contributed by atoms with Gasteiger partial charge in [-0.05, 0) is 53.6 Å². The summed E-state index contributed by atoms with van der Waals surface area (Å²) in [6.45, 7) is 0. The number of aliphatic carboxylic acids is 2. The second kappa shape index (κ2) is 10.9. The van der Waals surface area contributed by atoms with E-state index in [0.29, 0.717) is 11.1 Å². The topological polar surface area (TPSA) is 200 Å². The average molecular weight is 538 g/mol. The van der Waals surface area contributed by atoms with E-state index in [1.54, 1.807) is 0 Å². The largest absolute Gasteiger partial charge is 0.504 e. The van der Waals surface area contributed by atoms with Gasteiger partial charge in [-0.15, -0.1) is 0 Å². The van der Waals surface area contributed by atoms with Crippen molar-refractivity contribution < 1.29 is 59.2 Å². The van der Waals surface area contributed by atoms with Crippen LogP contribution in [0.4, 0.5) is 0 Å². The van der Waals surface area contributed by atoms with Crippen molar-refractivity contribution in [2.45, 2.75) is 24.7 Å². The van der Waals surface area contributed by atoms with E-state index in [0.717, 1.165) is 12.1 Å². The van der Waals surface area contributed by atoms with Crippen LogP contribution in [0.25, 0.3) is 6.08 Å². The maximum Gasteiger partial charge on any atom is 0.349 e. The van der Waals surface area contributed by atoms with Gasteiger partial charge in [0.05, 0.1) is 0 Å². The molecule has 6 N–H and O–H groups in total. The Morgan fingerprint density at radius 1 is 0.821 bits per heavy atom. The van der Waals surface area contributed by atoms with E-state index < -0.39 is 47.7 Å². The first-order valence-electron chi connectivity index (χ1n) is 11.4. The molecule has 0 aliphatic carbocycles. The number of carboxylic acid groups (broad SMARTS) is 2. The number of carbonyl (C=O) groups excluding carboxylic acids is 1. The Bertz CT molecular complexity index is 1460. The van der Waals surface area contributed by atoms with Crippen LogP contribution in [0, 0.1) is 0 Å². The van der Waals surface area contributed by atoms with E-state index >= 15 is 0 Å². The third-order valence-corrected chi connectivity index (χ3v) is 5.73. The van der Waals surface area contributed by atoms with Gasteiger partial charge in [0.1, 0.15) is 0 Å². The highest BCUT2D eigenvalue weighted by Crippen LogP contribution is 2.41. The van der Waals surface area contributed by atoms with Crippen molar-refractivity contribution in [1.82, 2.24) is 0 Å². The molecule has 1 heterocycles. The van der Waals surface area contributed by atoms with Crippen LogP contribution in [0.1, 0.15) is 22.8 Å². The van der Waals surface area contributed by atoms with Gasteiger partial charge in [0.2, 0.25) is 12.2 Å². The molecule has 0 saturated carbocycles. The van der Waals surface area contributed by atoms with Gasteiger partial charge in [0.25, 0.3) is 0 Å². The maximum absolute atomic E-state index is 12.3. The fraction of sp³-hybridized carbons (Fsp3) is 0.148. The Hall–Kier alpha value is -5.39. The van der Waals surface area contributed by atoms with Crippen molar-refractivity contribution in [3.63, 3.8) is 0 Å². The summed E-state index contributed by atoms with van der Waals surface area (Å²) in [4.78, 5) is 35.7. The summed E-state index contributed by atoms with van der Waals surface area (Å²) in [5.41, 5.74) is 0.954. The summed E-state index contributed by atoms with van der Waals surface area (Å²) in [6, 6.07) is 11.9. The third kappa shape index (κ3) is 6.13. The summed E-state index contributed by atoms with van der Waals surface area (Å²) in [7, 11) is 0. The molecule has 1 aliphatic heterocycles. The van der Waals surface area contributed by atoms with Crippen LogP contribution in [-0.4, -0.2) is 60.8 Å². The number of carbonyl (C=O) groups is 3. The minimum atomic E-state index is -1.57. The molecule has 3 aromatic rings. The molecule has 0 aromatic heterocycles. The first kappa shape index (κ1) is 26.7. The lowest BCUT2D eigenvalue weighted by Crippen LogP contribution is -2.39. The monoisotopic (exact) mass is 538 g/mol. The van der Waals surface area contributed by atoms with Crippen LogP contribution in [0.5, 0.6) is 34.5 Å². The number of phenolic OH excluding ortho intramolecular Hbond substituents is 4. The van der Waals surface area contributed by atoms with E-state index in [9.17, 15) is 45.0 Å². The van der Waals surface area contributed by atoms with Gasteiger partial charge >= 0.3 is 17.9 Å². The van der Waals surface area contributed by atoms with E-state index in [1.807, 2.05) is 0 Å². The zero-order chi connectivity index (χ0) is 28.3. The van der Waals surface area contributed by atoms with E-state index in [2.05, 4.69) is 0 Å². The number of ether oxygens (including phenoxy) is 3. The predicted octanol–water partition coefficient (Wildman–Crippen LogP) is 2.73. The molecule has 0 fully saturated rings. The molecule has 0 amide bonds. The molecule has 0 spiro atoms. The predicted molar refractivity (Wildman–Crippen MR) is 132 cm³/mol. The Morgan fingerprint density at radius 3 is 2.15 bits per heavy atom. The molecule has 3 atom stereocenters. The van der Waals surface area contributed by atoms with Crippen molar-refractivity contribution in [3.8, 4) is 34.5 Å². The molecule has 4 rings (SSSR count). The second-order valence-electron chi connectivity index (χ2n) is 8.49. The van der Waals surface area contributed by atoms with Crippen LogP contribution in [0.15, 0.2) is 60.7 Å². The molecule has 202 valence electrons. The molecule has 0 saturated heterocycles. The average Bonchev–Trinajstić information content (AvgIpc) is 2.89. The first-order valence-corrected chi connectivity index (χ1v) is 11.4. The summed E-state index contributed by atoms with van der Waals surface area (Å²) >= 11 is 0. The normalized spacial score (nSPS) is 16.9. The third-order valence-electron chi connectivity index (χ3n) is 5.73. The number of esters is 1. The van der Waals surface area contributed by atoms with Crippen molar-refractivity contribution >= 4 is 24.0 Å². The van der Waals surface area contributed by atoms with Gasteiger partial charge in [0.15, 0.2) is 40.6 Å². The Morgan fingerprint density at radius 2 is 1.51 bits per heavy atom. The molecule has 0 unspecified atom stereocenters. The Labute approximate surface area is 220 Å². The van der Waals surface area contributed by atoms with Gasteiger partial charge in [-0.25, -0.2) is 14.4 Å². The summed E-state index contributed by atoms with van der Waals surface area (Å²) in [5.74, 6) is -5.15. The van der Waals surface area contributed by atoms with Crippen LogP contribution in [0.2, 0.25) is 0 Å². The highest BCUT2D eigenvalue weighted by molar-refractivity contribution is 5.89. The zero-order valence-electron chi connectivity index (χ0n) is 19.9. The van der Waals surface area contributed by atoms with Crippen molar-refractivity contribution in [3.05, 3.63) is 77.4 Å². The number of hydrogen-bond acceptors (Lipinski definition) is 10. The number of phenols is 4. The summed E-state index contributed by atoms with van der Waals surface area (Å²) < 4.78 is 16.4. The highest BCUT2D eigenvalue weighted by atomic mass is 16.6. The maximum atomic E-state index is 12.3. The SMILES string of the molecule is O=C(C=Cc1ccc2c(c1)O[C@@H](C(=O)O)[C@@H](c1ccc(O)c(O)c1)O2)O[C@@H](Cc1ccc(O)c(O)c1)C(=O)O. The first-order chi connectivity index (χ1) is 18.5. The van der Waals surface area contributed by atoms with Crippen LogP contribution in [-0.2, 0) is 25.5 Å². The van der Waals surface area contributed by atoms with Gasteiger partial charge in [-0.2, -0.15) is 0 Å². The quantitative estimate of drug-likeness (QED) is 0.139. The number of hydrogen-bond donors (Lipinski definition) is 6. The van der Waals surface area contributed by atoms with Crippen LogP contribution < -0.4 is 9.47 Å². The number of benzene rings is 3. The van der Waals surface area contributed by atoms with Crippen molar-refractivity contribution in [1.29, 1.82) is 0 Å². The molecule has 0 bridgehead atoms.